The van der Waals surface area contributed by atoms with Crippen molar-refractivity contribution >= 4 is 57.8 Å². The van der Waals surface area contributed by atoms with Gasteiger partial charge in [0.05, 0.1) is 66.0 Å². The molecule has 220 valence electrons. The highest BCUT2D eigenvalue weighted by Crippen LogP contribution is 2.46. The number of carbonyl (C=O) groups is 3. The van der Waals surface area contributed by atoms with Gasteiger partial charge in [-0.3, -0.25) is 19.3 Å². The molecule has 3 aromatic carbocycles. The molecule has 0 unspecified atom stereocenters. The average molecular weight is 621 g/mol. The fourth-order valence-corrected chi connectivity index (χ4v) is 6.61. The summed E-state index contributed by atoms with van der Waals surface area (Å²) in [5.74, 6) is -0.552. The summed E-state index contributed by atoms with van der Waals surface area (Å²) < 4.78 is 15.8. The van der Waals surface area contributed by atoms with E-state index < -0.39 is 24.0 Å². The molecular weight excluding hydrogens is 595 g/mol. The minimum Gasteiger partial charge on any atom is -0.495 e. The number of methoxy groups -OCH3 is 3. The molecule has 10 nitrogen and oxygen atoms in total. The van der Waals surface area contributed by atoms with Crippen molar-refractivity contribution in [3.63, 3.8) is 0 Å². The van der Waals surface area contributed by atoms with Crippen LogP contribution in [0.4, 0.5) is 5.95 Å². The molecule has 1 fully saturated rings. The quantitative estimate of drug-likeness (QED) is 0.206. The van der Waals surface area contributed by atoms with Gasteiger partial charge in [0.15, 0.2) is 0 Å². The van der Waals surface area contributed by atoms with Crippen LogP contribution < -0.4 is 14.8 Å². The molecule has 12 heteroatoms. The molecule has 6 rings (SSSR count). The second-order valence-corrected chi connectivity index (χ2v) is 11.0. The van der Waals surface area contributed by atoms with E-state index in [4.69, 9.17) is 37.4 Å². The minimum absolute atomic E-state index is 0.262. The van der Waals surface area contributed by atoms with Gasteiger partial charge in [0.2, 0.25) is 5.95 Å². The van der Waals surface area contributed by atoms with E-state index in [0.29, 0.717) is 61.1 Å². The number of ether oxygens (including phenoxy) is 3. The first-order valence-electron chi connectivity index (χ1n) is 13.4. The van der Waals surface area contributed by atoms with Gasteiger partial charge in [-0.2, -0.15) is 0 Å². The SMILES string of the molecule is COC(=O)[C@@H]1C[C@@H](Nc2ncc3cc(-c4c(Cl)c(OC)cc(OC)c4Cl)ccc3n2)[C@@H](N2C(=O)c3ccccc3C2=O)C1. The number of carbonyl (C=O) groups excluding carboxylic acids is 3. The molecule has 2 aliphatic rings. The summed E-state index contributed by atoms with van der Waals surface area (Å²) in [6.07, 6.45) is 2.25. The Kier molecular flexibility index (Phi) is 7.57. The van der Waals surface area contributed by atoms with Crippen molar-refractivity contribution in [1.82, 2.24) is 14.9 Å². The monoisotopic (exact) mass is 620 g/mol. The Morgan fingerprint density at radius 2 is 1.58 bits per heavy atom. The van der Waals surface area contributed by atoms with E-state index in [1.54, 1.807) is 36.5 Å². The molecule has 3 atom stereocenters. The van der Waals surface area contributed by atoms with Gasteiger partial charge in [-0.25, -0.2) is 9.97 Å². The van der Waals surface area contributed by atoms with Gasteiger partial charge in [-0.05, 0) is 42.7 Å². The van der Waals surface area contributed by atoms with Gasteiger partial charge >= 0.3 is 5.97 Å². The molecule has 0 bridgehead atoms. The Hall–Kier alpha value is -4.41. The second-order valence-electron chi connectivity index (χ2n) is 10.3. The van der Waals surface area contributed by atoms with E-state index in [2.05, 4.69) is 15.3 Å². The summed E-state index contributed by atoms with van der Waals surface area (Å²) in [4.78, 5) is 49.5. The number of anilines is 1. The fourth-order valence-electron chi connectivity index (χ4n) is 5.89. The van der Waals surface area contributed by atoms with E-state index in [1.165, 1.54) is 26.2 Å². The van der Waals surface area contributed by atoms with Crippen LogP contribution in [-0.4, -0.2) is 66.1 Å². The first kappa shape index (κ1) is 28.7. The van der Waals surface area contributed by atoms with Gasteiger partial charge in [-0.1, -0.05) is 41.4 Å². The zero-order chi connectivity index (χ0) is 30.4. The predicted octanol–water partition coefficient (Wildman–Crippen LogP) is 5.65. The first-order chi connectivity index (χ1) is 20.7. The van der Waals surface area contributed by atoms with Gasteiger partial charge in [0, 0.05) is 23.2 Å². The Labute approximate surface area is 256 Å². The maximum atomic E-state index is 13.3. The largest absolute Gasteiger partial charge is 0.495 e. The van der Waals surface area contributed by atoms with Gasteiger partial charge in [0.1, 0.15) is 11.5 Å². The fraction of sp³-hybridized carbons (Fsp3) is 0.258. The lowest BCUT2D eigenvalue weighted by atomic mass is 10.0. The van der Waals surface area contributed by atoms with Crippen LogP contribution in [0.1, 0.15) is 33.6 Å². The molecule has 0 spiro atoms. The molecule has 1 aromatic heterocycles. The molecule has 0 radical (unpaired) electrons. The molecule has 43 heavy (non-hydrogen) atoms. The number of nitrogens with zero attached hydrogens (tertiary/aromatic N) is 3. The standard InChI is InChI=1S/C31H26Cl2N4O6/c1-41-23-13-24(42-2)27(33)25(26(23)32)15-8-9-20-17(10-15)14-34-31(35-20)36-21-11-16(30(40)43-3)12-22(21)37-28(38)18-6-4-5-7-19(18)29(37)39/h4-10,13-14,16,21-22H,11-12H2,1-3H3,(H,34,35,36)/t16-,21-,22+/m1/s1. The highest BCUT2D eigenvalue weighted by molar-refractivity contribution is 6.41. The van der Waals surface area contributed by atoms with E-state index in [-0.39, 0.29) is 24.2 Å². The smallest absolute Gasteiger partial charge is 0.308 e. The lowest BCUT2D eigenvalue weighted by molar-refractivity contribution is -0.145. The summed E-state index contributed by atoms with van der Waals surface area (Å²) in [6, 6.07) is 12.7. The topological polar surface area (TPSA) is 120 Å². The number of imide groups is 1. The molecule has 1 N–H and O–H groups in total. The van der Waals surface area contributed by atoms with Crippen LogP contribution in [0.2, 0.25) is 10.0 Å². The molecule has 1 saturated carbocycles. The molecule has 0 saturated heterocycles. The number of halogens is 2. The predicted molar refractivity (Wildman–Crippen MR) is 161 cm³/mol. The number of hydrogen-bond acceptors (Lipinski definition) is 9. The van der Waals surface area contributed by atoms with E-state index in [9.17, 15) is 14.4 Å². The van der Waals surface area contributed by atoms with Crippen molar-refractivity contribution < 1.29 is 28.6 Å². The lowest BCUT2D eigenvalue weighted by Gasteiger charge is -2.28. The Morgan fingerprint density at radius 1 is 0.930 bits per heavy atom. The average Bonchev–Trinajstić information content (AvgIpc) is 3.54. The van der Waals surface area contributed by atoms with E-state index in [0.717, 1.165) is 0 Å². The number of esters is 1. The summed E-state index contributed by atoms with van der Waals surface area (Å²) in [7, 11) is 4.35. The zero-order valence-electron chi connectivity index (χ0n) is 23.4. The second kappa shape index (κ2) is 11.3. The normalized spacial score (nSPS) is 19.5. The van der Waals surface area contributed by atoms with Crippen molar-refractivity contribution in [2.45, 2.75) is 24.9 Å². The first-order valence-corrected chi connectivity index (χ1v) is 14.2. The summed E-state index contributed by atoms with van der Waals surface area (Å²) in [5.41, 5.74) is 2.58. The number of aromatic nitrogens is 2. The third-order valence-corrected chi connectivity index (χ3v) is 8.73. The summed E-state index contributed by atoms with van der Waals surface area (Å²) >= 11 is 13.2. The van der Waals surface area contributed by atoms with Crippen molar-refractivity contribution in [3.05, 3.63) is 75.9 Å². The molecule has 2 amide bonds. The van der Waals surface area contributed by atoms with Crippen LogP contribution in [0.5, 0.6) is 11.5 Å². The number of hydrogen-bond donors (Lipinski definition) is 1. The molecule has 1 aliphatic heterocycles. The molecular formula is C31H26Cl2N4O6. The van der Waals surface area contributed by atoms with Crippen molar-refractivity contribution in [2.75, 3.05) is 26.6 Å². The molecule has 2 heterocycles. The van der Waals surface area contributed by atoms with Gasteiger partial charge in [0.25, 0.3) is 11.8 Å². The van der Waals surface area contributed by atoms with Crippen molar-refractivity contribution in [3.8, 4) is 22.6 Å². The maximum Gasteiger partial charge on any atom is 0.308 e. The lowest BCUT2D eigenvalue weighted by Crippen LogP contribution is -2.47. The zero-order valence-corrected chi connectivity index (χ0v) is 24.9. The highest BCUT2D eigenvalue weighted by atomic mass is 35.5. The van der Waals surface area contributed by atoms with Crippen molar-refractivity contribution in [2.24, 2.45) is 5.92 Å². The van der Waals surface area contributed by atoms with Crippen LogP contribution >= 0.6 is 23.2 Å². The van der Waals surface area contributed by atoms with E-state index in [1.807, 2.05) is 18.2 Å². The van der Waals surface area contributed by atoms with Crippen LogP contribution in [0, 0.1) is 5.92 Å². The Bertz CT molecular complexity index is 1730. The van der Waals surface area contributed by atoms with Crippen LogP contribution in [0.25, 0.3) is 22.0 Å². The molecule has 1 aliphatic carbocycles. The van der Waals surface area contributed by atoms with E-state index >= 15 is 0 Å². The third-order valence-electron chi connectivity index (χ3n) is 7.98. The summed E-state index contributed by atoms with van der Waals surface area (Å²) in [5, 5.41) is 4.68. The van der Waals surface area contributed by atoms with Crippen LogP contribution in [0.3, 0.4) is 0 Å². The maximum absolute atomic E-state index is 13.3. The Morgan fingerprint density at radius 3 is 2.19 bits per heavy atom. The molecule has 4 aromatic rings. The number of fused-ring (bicyclic) bond motifs is 2. The summed E-state index contributed by atoms with van der Waals surface area (Å²) in [6.45, 7) is 0. The number of amides is 2. The number of nitrogens with one attached hydrogen (secondary N) is 1. The van der Waals surface area contributed by atoms with Crippen LogP contribution in [-0.2, 0) is 9.53 Å². The highest BCUT2D eigenvalue weighted by Gasteiger charge is 2.49. The third kappa shape index (κ3) is 4.90. The number of rotatable bonds is 7. The number of benzene rings is 3. The van der Waals surface area contributed by atoms with Gasteiger partial charge in [-0.15, -0.1) is 0 Å². The van der Waals surface area contributed by atoms with Crippen molar-refractivity contribution in [1.29, 1.82) is 0 Å². The van der Waals surface area contributed by atoms with Crippen LogP contribution in [0.15, 0.2) is 54.7 Å². The van der Waals surface area contributed by atoms with Gasteiger partial charge < -0.3 is 19.5 Å². The minimum atomic E-state index is -0.606. The Balaban J connectivity index is 1.31.